The van der Waals surface area contributed by atoms with Gasteiger partial charge >= 0.3 is 11.9 Å². The Morgan fingerprint density at radius 3 is 1.07 bits per heavy atom. The summed E-state index contributed by atoms with van der Waals surface area (Å²) >= 11 is 1.59. The molecular weight excluding hydrogens is 528 g/mol. The van der Waals surface area contributed by atoms with E-state index in [1.165, 1.54) is 13.8 Å². The molecule has 0 aliphatic carbocycles. The Balaban J connectivity index is 1.56. The third-order valence-electron chi connectivity index (χ3n) is 7.36. The molecule has 7 aromatic rings. The van der Waals surface area contributed by atoms with Crippen LogP contribution in [-0.4, -0.2) is 11.9 Å². The van der Waals surface area contributed by atoms with Crippen molar-refractivity contribution in [3.8, 4) is 32.4 Å². The summed E-state index contributed by atoms with van der Waals surface area (Å²) in [7, 11) is 0. The summed E-state index contributed by atoms with van der Waals surface area (Å²) in [6.45, 7) is 2.86. The topological polar surface area (TPSA) is 52.6 Å². The van der Waals surface area contributed by atoms with Gasteiger partial charge in [-0.15, -0.1) is 11.3 Å². The number of carbonyl (C=O) groups is 2. The fraction of sp³-hybridized carbons (Fsp3) is 0.0556. The zero-order chi connectivity index (χ0) is 28.1. The van der Waals surface area contributed by atoms with Crippen molar-refractivity contribution in [1.29, 1.82) is 0 Å². The van der Waals surface area contributed by atoms with Crippen molar-refractivity contribution in [2.75, 3.05) is 0 Å². The normalized spacial score (nSPS) is 11.4. The summed E-state index contributed by atoms with van der Waals surface area (Å²) in [6, 6.07) is 36.5. The van der Waals surface area contributed by atoms with Crippen LogP contribution >= 0.6 is 11.3 Å². The number of carbonyl (C=O) groups excluding carboxylic acids is 2. The van der Waals surface area contributed by atoms with Gasteiger partial charge in [0.25, 0.3) is 0 Å². The molecule has 0 N–H and O–H groups in total. The summed E-state index contributed by atoms with van der Waals surface area (Å²) < 4.78 is 11.9. The number of hydrogen-bond donors (Lipinski definition) is 0. The first-order chi connectivity index (χ1) is 20.0. The van der Waals surface area contributed by atoms with Gasteiger partial charge in [0.2, 0.25) is 0 Å². The van der Waals surface area contributed by atoms with Crippen LogP contribution in [0, 0.1) is 0 Å². The van der Waals surface area contributed by atoms with Gasteiger partial charge in [0.1, 0.15) is 11.5 Å². The quantitative estimate of drug-likeness (QED) is 0.124. The lowest BCUT2D eigenvalue weighted by atomic mass is 9.94. The molecule has 0 aliphatic rings. The van der Waals surface area contributed by atoms with E-state index in [1.54, 1.807) is 11.3 Å². The van der Waals surface area contributed by atoms with E-state index in [0.29, 0.717) is 11.5 Å². The number of benzene rings is 6. The molecular formula is C36H24O4S. The molecule has 0 aliphatic heterocycles. The maximum atomic E-state index is 12.4. The molecule has 0 amide bonds. The van der Waals surface area contributed by atoms with Gasteiger partial charge in [0, 0.05) is 45.5 Å². The first-order valence-electron chi connectivity index (χ1n) is 13.4. The fourth-order valence-electron chi connectivity index (χ4n) is 5.81. The van der Waals surface area contributed by atoms with Gasteiger partial charge in [-0.1, -0.05) is 97.1 Å². The predicted molar refractivity (Wildman–Crippen MR) is 168 cm³/mol. The molecule has 6 aromatic carbocycles. The highest BCUT2D eigenvalue weighted by molar-refractivity contribution is 7.19. The molecule has 7 rings (SSSR count). The van der Waals surface area contributed by atoms with Crippen LogP contribution in [-0.2, 0) is 9.59 Å². The van der Waals surface area contributed by atoms with Crippen molar-refractivity contribution in [2.24, 2.45) is 0 Å². The van der Waals surface area contributed by atoms with E-state index in [1.807, 2.05) is 60.7 Å². The van der Waals surface area contributed by atoms with E-state index >= 15 is 0 Å². The third kappa shape index (κ3) is 4.14. The van der Waals surface area contributed by atoms with Crippen molar-refractivity contribution < 1.29 is 19.1 Å². The highest BCUT2D eigenvalue weighted by atomic mass is 32.1. The Hall–Kier alpha value is -5.00. The second-order valence-corrected chi connectivity index (χ2v) is 11.0. The van der Waals surface area contributed by atoms with E-state index in [9.17, 15) is 9.59 Å². The molecule has 0 unspecified atom stereocenters. The van der Waals surface area contributed by atoms with Crippen molar-refractivity contribution >= 4 is 66.4 Å². The smallest absolute Gasteiger partial charge is 0.308 e. The molecule has 1 aromatic heterocycles. The Bertz CT molecular complexity index is 2020. The number of hydrogen-bond acceptors (Lipinski definition) is 5. The Morgan fingerprint density at radius 1 is 0.439 bits per heavy atom. The monoisotopic (exact) mass is 552 g/mol. The van der Waals surface area contributed by atoms with Crippen LogP contribution in [0.25, 0.3) is 64.0 Å². The molecule has 5 heteroatoms. The first kappa shape index (κ1) is 25.0. The van der Waals surface area contributed by atoms with Gasteiger partial charge in [0.15, 0.2) is 0 Å². The van der Waals surface area contributed by atoms with Crippen molar-refractivity contribution in [3.63, 3.8) is 0 Å². The molecule has 0 fully saturated rings. The summed E-state index contributed by atoms with van der Waals surface area (Å²) in [5, 5.41) is 7.97. The largest absolute Gasteiger partial charge is 0.425 e. The number of ether oxygens (including phenoxy) is 2. The molecule has 0 saturated heterocycles. The Morgan fingerprint density at radius 2 is 0.732 bits per heavy atom. The average Bonchev–Trinajstić information content (AvgIpc) is 3.46. The maximum absolute atomic E-state index is 12.4. The van der Waals surface area contributed by atoms with Crippen LogP contribution < -0.4 is 9.47 Å². The average molecular weight is 553 g/mol. The minimum Gasteiger partial charge on any atom is -0.425 e. The van der Waals surface area contributed by atoms with Gasteiger partial charge in [-0.3, -0.25) is 9.59 Å². The van der Waals surface area contributed by atoms with E-state index in [4.69, 9.17) is 9.47 Å². The van der Waals surface area contributed by atoms with Crippen LogP contribution in [0.3, 0.4) is 0 Å². The van der Waals surface area contributed by atoms with E-state index in [0.717, 1.165) is 64.0 Å². The lowest BCUT2D eigenvalue weighted by Gasteiger charge is -2.17. The summed E-state index contributed by atoms with van der Waals surface area (Å²) in [5.41, 5.74) is 1.73. The molecule has 4 nitrogen and oxygen atoms in total. The first-order valence-corrected chi connectivity index (χ1v) is 14.2. The third-order valence-corrected chi connectivity index (χ3v) is 8.48. The van der Waals surface area contributed by atoms with Gasteiger partial charge in [-0.25, -0.2) is 0 Å². The lowest BCUT2D eigenvalue weighted by molar-refractivity contribution is -0.132. The SMILES string of the molecule is CC(=O)Oc1c(-c2ccc(-c3c(OC(C)=O)c4ccccc4c4ccccc34)s2)c2ccccc2c2ccccc12. The maximum Gasteiger partial charge on any atom is 0.308 e. The summed E-state index contributed by atoms with van der Waals surface area (Å²) in [4.78, 5) is 26.6. The molecule has 1 heterocycles. The Labute approximate surface area is 240 Å². The molecule has 0 atom stereocenters. The molecule has 198 valence electrons. The molecule has 0 spiro atoms. The van der Waals surface area contributed by atoms with Crippen LogP contribution in [0.1, 0.15) is 13.8 Å². The number of rotatable bonds is 4. The summed E-state index contributed by atoms with van der Waals surface area (Å²) in [5.74, 6) is 0.342. The van der Waals surface area contributed by atoms with Crippen LogP contribution in [0.2, 0.25) is 0 Å². The van der Waals surface area contributed by atoms with Gasteiger partial charge in [-0.2, -0.15) is 0 Å². The van der Waals surface area contributed by atoms with E-state index in [-0.39, 0.29) is 11.9 Å². The van der Waals surface area contributed by atoms with Crippen molar-refractivity contribution in [1.82, 2.24) is 0 Å². The minimum absolute atomic E-state index is 0.374. The second kappa shape index (κ2) is 9.88. The highest BCUT2D eigenvalue weighted by Gasteiger charge is 2.23. The van der Waals surface area contributed by atoms with E-state index < -0.39 is 0 Å². The lowest BCUT2D eigenvalue weighted by Crippen LogP contribution is -2.04. The number of thiophene rings is 1. The van der Waals surface area contributed by atoms with Crippen molar-refractivity contribution in [3.05, 3.63) is 109 Å². The molecule has 0 bridgehead atoms. The fourth-order valence-corrected chi connectivity index (χ4v) is 6.93. The van der Waals surface area contributed by atoms with Crippen molar-refractivity contribution in [2.45, 2.75) is 13.8 Å². The standard InChI is InChI=1S/C36H24O4S/c1-21(37)39-35-29-17-9-5-13-25(29)23-11-3-7-15-27(23)33(35)31-19-20-32(41-31)34-28-16-8-4-12-24(28)26-14-6-10-18-30(26)36(34)40-22(2)38/h3-20H,1-2H3. The van der Waals surface area contributed by atoms with E-state index in [2.05, 4.69) is 48.5 Å². The van der Waals surface area contributed by atoms with Crippen LogP contribution in [0.15, 0.2) is 109 Å². The van der Waals surface area contributed by atoms with Crippen LogP contribution in [0.4, 0.5) is 0 Å². The van der Waals surface area contributed by atoms with Gasteiger partial charge < -0.3 is 9.47 Å². The molecule has 41 heavy (non-hydrogen) atoms. The van der Waals surface area contributed by atoms with Crippen LogP contribution in [0.5, 0.6) is 11.5 Å². The number of esters is 2. The second-order valence-electron chi connectivity index (χ2n) is 9.94. The summed E-state index contributed by atoms with van der Waals surface area (Å²) in [6.07, 6.45) is 0. The zero-order valence-corrected chi connectivity index (χ0v) is 23.3. The number of fused-ring (bicyclic) bond motifs is 6. The zero-order valence-electron chi connectivity index (χ0n) is 22.4. The molecule has 0 saturated carbocycles. The predicted octanol–water partition coefficient (Wildman–Crippen LogP) is 9.55. The Kier molecular flexibility index (Phi) is 6.02. The molecule has 0 radical (unpaired) electrons. The highest BCUT2D eigenvalue weighted by Crippen LogP contribution is 2.51. The minimum atomic E-state index is -0.374. The van der Waals surface area contributed by atoms with Gasteiger partial charge in [0.05, 0.1) is 0 Å². The van der Waals surface area contributed by atoms with Gasteiger partial charge in [-0.05, 0) is 44.5 Å².